The first kappa shape index (κ1) is 15.9. The van der Waals surface area contributed by atoms with E-state index in [2.05, 4.69) is 9.69 Å². The van der Waals surface area contributed by atoms with Crippen LogP contribution in [0.2, 0.25) is 0 Å². The Morgan fingerprint density at radius 3 is 2.79 bits per heavy atom. The van der Waals surface area contributed by atoms with Gasteiger partial charge in [0.05, 0.1) is 25.5 Å². The number of hydrogen-bond donors (Lipinski definition) is 1. The van der Waals surface area contributed by atoms with Crippen LogP contribution in [0.25, 0.3) is 0 Å². The molecule has 1 aromatic rings. The van der Waals surface area contributed by atoms with E-state index >= 15 is 0 Å². The molecule has 0 fully saturated rings. The van der Waals surface area contributed by atoms with Gasteiger partial charge in [-0.05, 0) is 18.5 Å². The molecular formula is C12H20N2O4S. The van der Waals surface area contributed by atoms with Crippen molar-refractivity contribution in [1.29, 1.82) is 0 Å². The lowest BCUT2D eigenvalue weighted by Gasteiger charge is -2.06. The van der Waals surface area contributed by atoms with E-state index in [-0.39, 0.29) is 5.97 Å². The van der Waals surface area contributed by atoms with Gasteiger partial charge in [0, 0.05) is 27.2 Å². The zero-order chi connectivity index (χ0) is 14.1. The van der Waals surface area contributed by atoms with Crippen LogP contribution in [0.5, 0.6) is 0 Å². The number of esters is 1. The Morgan fingerprint density at radius 1 is 1.32 bits per heavy atom. The van der Waals surface area contributed by atoms with Crippen molar-refractivity contribution in [1.82, 2.24) is 4.37 Å². The molecule has 1 heterocycles. The Hall–Kier alpha value is -1.18. The largest absolute Gasteiger partial charge is 0.462 e. The summed E-state index contributed by atoms with van der Waals surface area (Å²) < 4.78 is 19.4. The standard InChI is InChI=1S/C12H20N2O4S/c1-9-10(11(13-2)19-14-9)12(15)18-6-4-5-17-8-7-16-3/h13H,4-8H2,1-3H3. The number of anilines is 1. The zero-order valence-electron chi connectivity index (χ0n) is 11.5. The Balaban J connectivity index is 2.26. The lowest BCUT2D eigenvalue weighted by atomic mass is 10.2. The van der Waals surface area contributed by atoms with Gasteiger partial charge in [-0.2, -0.15) is 4.37 Å². The van der Waals surface area contributed by atoms with Crippen molar-refractivity contribution >= 4 is 22.5 Å². The average Bonchev–Trinajstić information content (AvgIpc) is 2.78. The Kier molecular flexibility index (Phi) is 7.39. The first-order chi connectivity index (χ1) is 9.20. The van der Waals surface area contributed by atoms with E-state index in [0.29, 0.717) is 44.1 Å². The maximum Gasteiger partial charge on any atom is 0.343 e. The third kappa shape index (κ3) is 5.14. The molecule has 0 aliphatic heterocycles. The second-order valence-corrected chi connectivity index (χ2v) is 4.59. The molecule has 7 heteroatoms. The third-order valence-corrected chi connectivity index (χ3v) is 3.35. The number of aryl methyl sites for hydroxylation is 1. The third-order valence-electron chi connectivity index (χ3n) is 2.39. The first-order valence-electron chi connectivity index (χ1n) is 6.08. The predicted molar refractivity (Wildman–Crippen MR) is 74.0 cm³/mol. The fraction of sp³-hybridized carbons (Fsp3) is 0.667. The topological polar surface area (TPSA) is 69.7 Å². The second-order valence-electron chi connectivity index (χ2n) is 3.82. The summed E-state index contributed by atoms with van der Waals surface area (Å²) in [5.74, 6) is -0.340. The minimum atomic E-state index is -0.340. The molecule has 0 amide bonds. The Labute approximate surface area is 117 Å². The molecule has 0 radical (unpaired) electrons. The van der Waals surface area contributed by atoms with E-state index in [1.807, 2.05) is 0 Å². The quantitative estimate of drug-likeness (QED) is 0.551. The van der Waals surface area contributed by atoms with Crippen LogP contribution < -0.4 is 5.32 Å². The number of hydrogen-bond acceptors (Lipinski definition) is 7. The molecule has 1 aromatic heterocycles. The summed E-state index contributed by atoms with van der Waals surface area (Å²) in [6.45, 7) is 3.81. The number of methoxy groups -OCH3 is 1. The summed E-state index contributed by atoms with van der Waals surface area (Å²) in [4.78, 5) is 11.9. The number of carbonyl (C=O) groups excluding carboxylic acids is 1. The van der Waals surface area contributed by atoms with Crippen LogP contribution in [0.3, 0.4) is 0 Å². The van der Waals surface area contributed by atoms with Gasteiger partial charge < -0.3 is 19.5 Å². The summed E-state index contributed by atoms with van der Waals surface area (Å²) in [7, 11) is 3.38. The molecule has 0 saturated heterocycles. The molecule has 0 atom stereocenters. The molecule has 1 rings (SSSR count). The highest BCUT2D eigenvalue weighted by molar-refractivity contribution is 7.10. The van der Waals surface area contributed by atoms with Gasteiger partial charge in [0.1, 0.15) is 10.6 Å². The molecule has 0 aliphatic carbocycles. The van der Waals surface area contributed by atoms with Gasteiger partial charge in [-0.25, -0.2) is 4.79 Å². The summed E-state index contributed by atoms with van der Waals surface area (Å²) >= 11 is 1.26. The molecule has 0 aromatic carbocycles. The summed E-state index contributed by atoms with van der Waals surface area (Å²) in [6.07, 6.45) is 0.668. The van der Waals surface area contributed by atoms with E-state index in [9.17, 15) is 4.79 Å². The maximum atomic E-state index is 11.9. The Morgan fingerprint density at radius 2 is 2.11 bits per heavy atom. The molecule has 0 spiro atoms. The van der Waals surface area contributed by atoms with Crippen LogP contribution in [0.15, 0.2) is 0 Å². The number of ether oxygens (including phenoxy) is 3. The van der Waals surface area contributed by atoms with Gasteiger partial charge >= 0.3 is 5.97 Å². The van der Waals surface area contributed by atoms with Gasteiger partial charge in [0.25, 0.3) is 0 Å². The zero-order valence-corrected chi connectivity index (χ0v) is 12.3. The van der Waals surface area contributed by atoms with E-state index in [1.165, 1.54) is 11.5 Å². The molecule has 0 unspecified atom stereocenters. The summed E-state index contributed by atoms with van der Waals surface area (Å²) in [5.41, 5.74) is 1.21. The van der Waals surface area contributed by atoms with Crippen LogP contribution in [0, 0.1) is 6.92 Å². The number of nitrogens with one attached hydrogen (secondary N) is 1. The number of carbonyl (C=O) groups is 1. The van der Waals surface area contributed by atoms with Gasteiger partial charge in [0.2, 0.25) is 0 Å². The molecule has 0 aliphatic rings. The van der Waals surface area contributed by atoms with Gasteiger partial charge in [-0.3, -0.25) is 0 Å². The first-order valence-corrected chi connectivity index (χ1v) is 6.85. The van der Waals surface area contributed by atoms with Gasteiger partial charge in [-0.1, -0.05) is 0 Å². The van der Waals surface area contributed by atoms with Crippen molar-refractivity contribution in [2.45, 2.75) is 13.3 Å². The molecule has 108 valence electrons. The van der Waals surface area contributed by atoms with Crippen molar-refractivity contribution in [3.63, 3.8) is 0 Å². The van der Waals surface area contributed by atoms with Gasteiger partial charge in [-0.15, -0.1) is 0 Å². The smallest absolute Gasteiger partial charge is 0.343 e. The van der Waals surface area contributed by atoms with E-state index in [1.54, 1.807) is 21.1 Å². The molecule has 0 saturated carbocycles. The van der Waals surface area contributed by atoms with E-state index < -0.39 is 0 Å². The molecule has 19 heavy (non-hydrogen) atoms. The van der Waals surface area contributed by atoms with Crippen LogP contribution in [-0.4, -0.2) is 50.9 Å². The van der Waals surface area contributed by atoms with Crippen LogP contribution in [0.1, 0.15) is 22.5 Å². The summed E-state index contributed by atoms with van der Waals surface area (Å²) in [5, 5.41) is 3.67. The van der Waals surface area contributed by atoms with Gasteiger partial charge in [0.15, 0.2) is 0 Å². The van der Waals surface area contributed by atoms with Crippen molar-refractivity contribution in [3.05, 3.63) is 11.3 Å². The average molecular weight is 288 g/mol. The SMILES string of the molecule is CNc1snc(C)c1C(=O)OCCCOCCOC. The molecule has 1 N–H and O–H groups in total. The monoisotopic (exact) mass is 288 g/mol. The van der Waals surface area contributed by atoms with E-state index in [0.717, 1.165) is 5.00 Å². The fourth-order valence-corrected chi connectivity index (χ4v) is 2.16. The molecule has 6 nitrogen and oxygen atoms in total. The minimum absolute atomic E-state index is 0.338. The van der Waals surface area contributed by atoms with Crippen LogP contribution >= 0.6 is 11.5 Å². The van der Waals surface area contributed by atoms with Crippen molar-refractivity contribution in [2.75, 3.05) is 45.9 Å². The fourth-order valence-electron chi connectivity index (χ4n) is 1.42. The maximum absolute atomic E-state index is 11.9. The highest BCUT2D eigenvalue weighted by atomic mass is 32.1. The Bertz CT molecular complexity index is 395. The normalized spacial score (nSPS) is 10.5. The van der Waals surface area contributed by atoms with Crippen molar-refractivity contribution in [3.8, 4) is 0 Å². The molecular weight excluding hydrogens is 268 g/mol. The lowest BCUT2D eigenvalue weighted by Crippen LogP contribution is -2.11. The van der Waals surface area contributed by atoms with Crippen molar-refractivity contribution in [2.24, 2.45) is 0 Å². The summed E-state index contributed by atoms with van der Waals surface area (Å²) in [6, 6.07) is 0. The predicted octanol–water partition coefficient (Wildman–Crippen LogP) is 1.70. The highest BCUT2D eigenvalue weighted by Crippen LogP contribution is 2.24. The molecule has 0 bridgehead atoms. The van der Waals surface area contributed by atoms with E-state index in [4.69, 9.17) is 14.2 Å². The lowest BCUT2D eigenvalue weighted by molar-refractivity contribution is 0.0386. The van der Waals surface area contributed by atoms with Crippen molar-refractivity contribution < 1.29 is 19.0 Å². The number of nitrogens with zero attached hydrogens (tertiary/aromatic N) is 1. The van der Waals surface area contributed by atoms with Crippen LogP contribution in [-0.2, 0) is 14.2 Å². The highest BCUT2D eigenvalue weighted by Gasteiger charge is 2.18. The number of aromatic nitrogens is 1. The van der Waals surface area contributed by atoms with Crippen LogP contribution in [0.4, 0.5) is 5.00 Å². The minimum Gasteiger partial charge on any atom is -0.462 e. The number of rotatable bonds is 9. The second kappa shape index (κ2) is 8.84.